The zero-order chi connectivity index (χ0) is 13.2. The number of rotatable bonds is 2. The van der Waals surface area contributed by atoms with E-state index in [1.54, 1.807) is 24.7 Å². The van der Waals surface area contributed by atoms with E-state index >= 15 is 0 Å². The fraction of sp³-hybridized carbons (Fsp3) is 0. The number of nitrogens with zero attached hydrogens (tertiary/aromatic N) is 1. The number of pyridine rings is 1. The zero-order valence-corrected chi connectivity index (χ0v) is 10.1. The Bertz CT molecular complexity index is 743. The molecule has 3 aromatic rings. The minimum Gasteiger partial charge on any atom is -0.397 e. The Morgan fingerprint density at radius 1 is 1.32 bits per heavy atom. The molecule has 5 nitrogen and oxygen atoms in total. The maximum Gasteiger partial charge on any atom is 0.272 e. The lowest BCUT2D eigenvalue weighted by atomic mass is 10.1. The van der Waals surface area contributed by atoms with E-state index in [-0.39, 0.29) is 5.91 Å². The highest BCUT2D eigenvalue weighted by Crippen LogP contribution is 2.22. The van der Waals surface area contributed by atoms with Crippen LogP contribution in [0.4, 0.5) is 11.4 Å². The van der Waals surface area contributed by atoms with Gasteiger partial charge < -0.3 is 16.0 Å². The zero-order valence-electron chi connectivity index (χ0n) is 10.1. The van der Waals surface area contributed by atoms with Crippen LogP contribution in [0.3, 0.4) is 0 Å². The van der Waals surface area contributed by atoms with Gasteiger partial charge in [0.25, 0.3) is 5.91 Å². The number of carbonyl (C=O) groups is 1. The lowest BCUT2D eigenvalue weighted by Gasteiger charge is -2.07. The number of nitrogen functional groups attached to an aromatic ring is 1. The van der Waals surface area contributed by atoms with Crippen LogP contribution in [-0.4, -0.2) is 15.9 Å². The van der Waals surface area contributed by atoms with E-state index in [0.29, 0.717) is 11.4 Å². The van der Waals surface area contributed by atoms with Crippen molar-refractivity contribution in [2.24, 2.45) is 0 Å². The molecule has 0 saturated heterocycles. The Labute approximate surface area is 109 Å². The molecule has 2 aromatic heterocycles. The highest BCUT2D eigenvalue weighted by molar-refractivity contribution is 6.08. The van der Waals surface area contributed by atoms with Gasteiger partial charge in [-0.2, -0.15) is 0 Å². The van der Waals surface area contributed by atoms with Crippen LogP contribution in [0.15, 0.2) is 48.9 Å². The summed E-state index contributed by atoms with van der Waals surface area (Å²) in [7, 11) is 0. The van der Waals surface area contributed by atoms with Gasteiger partial charge in [0.05, 0.1) is 5.69 Å². The third kappa shape index (κ3) is 2.13. The fourth-order valence-electron chi connectivity index (χ4n) is 1.95. The maximum atomic E-state index is 12.1. The quantitative estimate of drug-likeness (QED) is 0.654. The lowest BCUT2D eigenvalue weighted by molar-refractivity contribution is 0.102. The first-order valence-electron chi connectivity index (χ1n) is 5.82. The van der Waals surface area contributed by atoms with Crippen LogP contribution in [0.5, 0.6) is 0 Å². The Balaban J connectivity index is 1.95. The molecule has 1 amide bonds. The molecule has 0 saturated carbocycles. The predicted molar refractivity (Wildman–Crippen MR) is 74.9 cm³/mol. The lowest BCUT2D eigenvalue weighted by Crippen LogP contribution is -2.12. The van der Waals surface area contributed by atoms with Gasteiger partial charge in [0.15, 0.2) is 0 Å². The highest BCUT2D eigenvalue weighted by Gasteiger charge is 2.09. The first-order valence-corrected chi connectivity index (χ1v) is 5.82. The molecule has 3 rings (SSSR count). The summed E-state index contributed by atoms with van der Waals surface area (Å²) < 4.78 is 0. The normalized spacial score (nSPS) is 10.5. The van der Waals surface area contributed by atoms with Crippen molar-refractivity contribution in [1.82, 2.24) is 9.97 Å². The molecule has 94 valence electrons. The molecule has 0 fully saturated rings. The molecule has 0 unspecified atom stereocenters. The van der Waals surface area contributed by atoms with Gasteiger partial charge in [0.1, 0.15) is 5.69 Å². The van der Waals surface area contributed by atoms with Gasteiger partial charge in [-0.1, -0.05) is 12.1 Å². The number of anilines is 2. The average Bonchev–Trinajstić information content (AvgIpc) is 2.86. The van der Waals surface area contributed by atoms with Gasteiger partial charge in [0.2, 0.25) is 0 Å². The molecule has 5 heteroatoms. The number of nitrogens with one attached hydrogen (secondary N) is 2. The third-order valence-corrected chi connectivity index (χ3v) is 2.88. The van der Waals surface area contributed by atoms with E-state index in [2.05, 4.69) is 15.3 Å². The Kier molecular flexibility index (Phi) is 2.64. The van der Waals surface area contributed by atoms with Crippen molar-refractivity contribution in [3.8, 4) is 0 Å². The van der Waals surface area contributed by atoms with Crippen LogP contribution in [0, 0.1) is 0 Å². The number of benzene rings is 1. The molecule has 0 aliphatic rings. The van der Waals surface area contributed by atoms with Gasteiger partial charge in [-0.25, -0.2) is 0 Å². The number of carbonyl (C=O) groups excluding carboxylic acids is 1. The Morgan fingerprint density at radius 3 is 3.00 bits per heavy atom. The second kappa shape index (κ2) is 4.45. The van der Waals surface area contributed by atoms with Crippen LogP contribution in [0.1, 0.15) is 10.5 Å². The summed E-state index contributed by atoms with van der Waals surface area (Å²) in [5, 5.41) is 4.78. The fourth-order valence-corrected chi connectivity index (χ4v) is 1.95. The van der Waals surface area contributed by atoms with Crippen LogP contribution < -0.4 is 11.1 Å². The van der Waals surface area contributed by atoms with Crippen molar-refractivity contribution in [2.75, 3.05) is 11.1 Å². The standard InChI is InChI=1S/C14H12N4O/c15-10-6-13(17-7-10)14(19)18-12-3-1-2-9-4-5-16-8-11(9)12/h1-8,17H,15H2,(H,18,19). The topological polar surface area (TPSA) is 83.8 Å². The van der Waals surface area contributed by atoms with E-state index in [9.17, 15) is 4.79 Å². The van der Waals surface area contributed by atoms with Gasteiger partial charge in [-0.3, -0.25) is 9.78 Å². The van der Waals surface area contributed by atoms with Gasteiger partial charge in [-0.15, -0.1) is 0 Å². The molecule has 0 aliphatic carbocycles. The van der Waals surface area contributed by atoms with Crippen molar-refractivity contribution in [3.63, 3.8) is 0 Å². The van der Waals surface area contributed by atoms with E-state index in [0.717, 1.165) is 16.5 Å². The molecular formula is C14H12N4O. The second-order valence-corrected chi connectivity index (χ2v) is 4.20. The van der Waals surface area contributed by atoms with E-state index in [1.807, 2.05) is 24.3 Å². The SMILES string of the molecule is Nc1c[nH]c(C(=O)Nc2cccc3ccncc23)c1. The molecule has 1 aromatic carbocycles. The van der Waals surface area contributed by atoms with Gasteiger partial charge in [0, 0.05) is 29.7 Å². The molecule has 0 atom stereocenters. The van der Waals surface area contributed by atoms with Crippen LogP contribution >= 0.6 is 0 Å². The molecule has 4 N–H and O–H groups in total. The molecule has 19 heavy (non-hydrogen) atoms. The molecule has 0 aliphatic heterocycles. The van der Waals surface area contributed by atoms with E-state index in [4.69, 9.17) is 5.73 Å². The summed E-state index contributed by atoms with van der Waals surface area (Å²) in [5.74, 6) is -0.229. The number of amides is 1. The van der Waals surface area contributed by atoms with Crippen molar-refractivity contribution in [3.05, 3.63) is 54.6 Å². The minimum absolute atomic E-state index is 0.229. The van der Waals surface area contributed by atoms with Crippen LogP contribution in [-0.2, 0) is 0 Å². The van der Waals surface area contributed by atoms with Gasteiger partial charge in [-0.05, 0) is 23.6 Å². The molecular weight excluding hydrogens is 240 g/mol. The van der Waals surface area contributed by atoms with Crippen LogP contribution in [0.2, 0.25) is 0 Å². The first kappa shape index (κ1) is 11.3. The minimum atomic E-state index is -0.229. The summed E-state index contributed by atoms with van der Waals surface area (Å²) in [5.41, 5.74) is 7.27. The third-order valence-electron chi connectivity index (χ3n) is 2.88. The number of hydrogen-bond donors (Lipinski definition) is 3. The summed E-state index contributed by atoms with van der Waals surface area (Å²) in [6, 6.07) is 9.20. The number of nitrogens with two attached hydrogens (primary N) is 1. The predicted octanol–water partition coefficient (Wildman–Crippen LogP) is 2.40. The molecule has 0 radical (unpaired) electrons. The number of H-pyrrole nitrogens is 1. The number of hydrogen-bond acceptors (Lipinski definition) is 3. The second-order valence-electron chi connectivity index (χ2n) is 4.20. The van der Waals surface area contributed by atoms with E-state index < -0.39 is 0 Å². The number of fused-ring (bicyclic) bond motifs is 1. The summed E-state index contributed by atoms with van der Waals surface area (Å²) in [4.78, 5) is 19.0. The summed E-state index contributed by atoms with van der Waals surface area (Å²) >= 11 is 0. The largest absolute Gasteiger partial charge is 0.397 e. The Hall–Kier alpha value is -2.82. The highest BCUT2D eigenvalue weighted by atomic mass is 16.1. The summed E-state index contributed by atoms with van der Waals surface area (Å²) in [6.45, 7) is 0. The average molecular weight is 252 g/mol. The Morgan fingerprint density at radius 2 is 2.21 bits per heavy atom. The first-order chi connectivity index (χ1) is 9.24. The van der Waals surface area contributed by atoms with Crippen LogP contribution in [0.25, 0.3) is 10.8 Å². The number of aromatic amines is 1. The van der Waals surface area contributed by atoms with E-state index in [1.165, 1.54) is 0 Å². The molecule has 0 bridgehead atoms. The van der Waals surface area contributed by atoms with Crippen molar-refractivity contribution >= 4 is 28.1 Å². The van der Waals surface area contributed by atoms with Gasteiger partial charge >= 0.3 is 0 Å². The van der Waals surface area contributed by atoms with Crippen molar-refractivity contribution in [2.45, 2.75) is 0 Å². The summed E-state index contributed by atoms with van der Waals surface area (Å²) in [6.07, 6.45) is 5.03. The smallest absolute Gasteiger partial charge is 0.272 e. The number of aromatic nitrogens is 2. The maximum absolute atomic E-state index is 12.1. The van der Waals surface area contributed by atoms with Crippen molar-refractivity contribution < 1.29 is 4.79 Å². The monoisotopic (exact) mass is 252 g/mol. The molecule has 2 heterocycles. The van der Waals surface area contributed by atoms with Crippen molar-refractivity contribution in [1.29, 1.82) is 0 Å². The molecule has 0 spiro atoms.